The fraction of sp³-hybridized carbons (Fsp3) is 0.188. The van der Waals surface area contributed by atoms with Gasteiger partial charge in [-0.15, -0.1) is 11.3 Å². The van der Waals surface area contributed by atoms with Crippen molar-refractivity contribution in [2.24, 2.45) is 5.84 Å². The molecule has 1 aromatic carbocycles. The van der Waals surface area contributed by atoms with Crippen molar-refractivity contribution in [1.82, 2.24) is 10.4 Å². The fourth-order valence-corrected chi connectivity index (χ4v) is 3.51. The zero-order valence-electron chi connectivity index (χ0n) is 11.3. The van der Waals surface area contributed by atoms with Crippen molar-refractivity contribution in [2.75, 3.05) is 0 Å². The number of hydrogen-bond acceptors (Lipinski definition) is 4. The molecular formula is C16H17N3S. The molecule has 3 rings (SSSR count). The summed E-state index contributed by atoms with van der Waals surface area (Å²) in [6, 6.07) is 12.6. The van der Waals surface area contributed by atoms with Gasteiger partial charge < -0.3 is 0 Å². The first-order valence-electron chi connectivity index (χ1n) is 6.62. The van der Waals surface area contributed by atoms with Crippen LogP contribution in [0.15, 0.2) is 48.0 Å². The molecule has 0 aliphatic rings. The van der Waals surface area contributed by atoms with Crippen LogP contribution in [-0.4, -0.2) is 4.98 Å². The van der Waals surface area contributed by atoms with E-state index in [0.717, 1.165) is 17.7 Å². The molecule has 2 aromatic heterocycles. The van der Waals surface area contributed by atoms with E-state index in [1.807, 2.05) is 19.2 Å². The number of thiophene rings is 1. The number of hydrazine groups is 1. The Kier molecular flexibility index (Phi) is 3.78. The molecule has 0 saturated carbocycles. The number of hydrogen-bond donors (Lipinski definition) is 2. The van der Waals surface area contributed by atoms with Crippen molar-refractivity contribution in [3.05, 3.63) is 64.8 Å². The minimum Gasteiger partial charge on any atom is -0.271 e. The fourth-order valence-electron chi connectivity index (χ4n) is 2.53. The van der Waals surface area contributed by atoms with E-state index in [2.05, 4.69) is 46.1 Å². The normalized spacial score (nSPS) is 12.7. The summed E-state index contributed by atoms with van der Waals surface area (Å²) < 4.78 is 1.32. The number of fused-ring (bicyclic) bond motifs is 1. The summed E-state index contributed by atoms with van der Waals surface area (Å²) in [5, 5.41) is 3.54. The monoisotopic (exact) mass is 283 g/mol. The number of nitrogens with two attached hydrogens (primary N) is 1. The number of nitrogens with zero attached hydrogens (tertiary/aromatic N) is 1. The molecule has 0 aliphatic carbocycles. The van der Waals surface area contributed by atoms with Crippen LogP contribution in [0.25, 0.3) is 10.1 Å². The van der Waals surface area contributed by atoms with E-state index in [1.165, 1.54) is 15.6 Å². The highest BCUT2D eigenvalue weighted by Gasteiger charge is 2.15. The van der Waals surface area contributed by atoms with Crippen LogP contribution in [0.5, 0.6) is 0 Å². The lowest BCUT2D eigenvalue weighted by Crippen LogP contribution is -2.30. The van der Waals surface area contributed by atoms with Crippen LogP contribution in [0.2, 0.25) is 0 Å². The Hall–Kier alpha value is -1.75. The molecule has 20 heavy (non-hydrogen) atoms. The number of pyridine rings is 1. The zero-order chi connectivity index (χ0) is 13.9. The van der Waals surface area contributed by atoms with Gasteiger partial charge in [-0.05, 0) is 47.4 Å². The summed E-state index contributed by atoms with van der Waals surface area (Å²) in [6.45, 7) is 2.02. The first-order valence-corrected chi connectivity index (χ1v) is 7.50. The van der Waals surface area contributed by atoms with Gasteiger partial charge >= 0.3 is 0 Å². The maximum atomic E-state index is 5.76. The van der Waals surface area contributed by atoms with Crippen LogP contribution in [0.3, 0.4) is 0 Å². The first-order chi connectivity index (χ1) is 9.79. The predicted molar refractivity (Wildman–Crippen MR) is 84.6 cm³/mol. The van der Waals surface area contributed by atoms with Crippen LogP contribution in [0, 0.1) is 6.92 Å². The van der Waals surface area contributed by atoms with Gasteiger partial charge in [-0.25, -0.2) is 0 Å². The van der Waals surface area contributed by atoms with Gasteiger partial charge in [0.1, 0.15) is 0 Å². The van der Waals surface area contributed by atoms with E-state index in [0.29, 0.717) is 0 Å². The molecule has 0 radical (unpaired) electrons. The molecule has 3 aromatic rings. The standard InChI is InChI=1S/C16H17N3S/c1-11-13(6-4-8-18-11)15(19-17)9-12-10-20-16-7-3-2-5-14(12)16/h2-8,10,15,19H,9,17H2,1H3. The third-order valence-electron chi connectivity index (χ3n) is 3.61. The molecule has 2 heterocycles. The summed E-state index contributed by atoms with van der Waals surface area (Å²) in [4.78, 5) is 4.35. The SMILES string of the molecule is Cc1ncccc1C(Cc1csc2ccccc12)NN. The largest absolute Gasteiger partial charge is 0.271 e. The number of aryl methyl sites for hydroxylation is 1. The van der Waals surface area contributed by atoms with E-state index in [-0.39, 0.29) is 6.04 Å². The molecule has 3 nitrogen and oxygen atoms in total. The van der Waals surface area contributed by atoms with Gasteiger partial charge in [-0.3, -0.25) is 16.3 Å². The second-order valence-electron chi connectivity index (χ2n) is 4.86. The van der Waals surface area contributed by atoms with E-state index in [4.69, 9.17) is 5.84 Å². The maximum Gasteiger partial charge on any atom is 0.0518 e. The van der Waals surface area contributed by atoms with Crippen molar-refractivity contribution >= 4 is 21.4 Å². The molecule has 0 aliphatic heterocycles. The maximum absolute atomic E-state index is 5.76. The van der Waals surface area contributed by atoms with Crippen LogP contribution < -0.4 is 11.3 Å². The summed E-state index contributed by atoms with van der Waals surface area (Å²) in [6.07, 6.45) is 2.68. The third kappa shape index (κ3) is 2.45. The third-order valence-corrected chi connectivity index (χ3v) is 4.62. The Balaban J connectivity index is 1.94. The summed E-state index contributed by atoms with van der Waals surface area (Å²) >= 11 is 1.78. The highest BCUT2D eigenvalue weighted by Crippen LogP contribution is 2.29. The Bertz CT molecular complexity index is 720. The van der Waals surface area contributed by atoms with Gasteiger partial charge in [0.15, 0.2) is 0 Å². The molecule has 0 amide bonds. The minimum absolute atomic E-state index is 0.0849. The number of nitrogens with one attached hydrogen (secondary N) is 1. The second kappa shape index (κ2) is 5.71. The van der Waals surface area contributed by atoms with Crippen LogP contribution in [0.4, 0.5) is 0 Å². The van der Waals surface area contributed by atoms with Gasteiger partial charge in [0, 0.05) is 16.6 Å². The van der Waals surface area contributed by atoms with Gasteiger partial charge in [-0.2, -0.15) is 0 Å². The molecule has 102 valence electrons. The van der Waals surface area contributed by atoms with Gasteiger partial charge in [-0.1, -0.05) is 24.3 Å². The molecule has 0 bridgehead atoms. The lowest BCUT2D eigenvalue weighted by Gasteiger charge is -2.17. The molecule has 1 unspecified atom stereocenters. The molecular weight excluding hydrogens is 266 g/mol. The van der Waals surface area contributed by atoms with Crippen molar-refractivity contribution in [1.29, 1.82) is 0 Å². The van der Waals surface area contributed by atoms with E-state index in [9.17, 15) is 0 Å². The highest BCUT2D eigenvalue weighted by atomic mass is 32.1. The summed E-state index contributed by atoms with van der Waals surface area (Å²) in [7, 11) is 0. The molecule has 3 N–H and O–H groups in total. The van der Waals surface area contributed by atoms with Gasteiger partial charge in [0.25, 0.3) is 0 Å². The van der Waals surface area contributed by atoms with Crippen molar-refractivity contribution in [3.8, 4) is 0 Å². The van der Waals surface area contributed by atoms with Crippen molar-refractivity contribution < 1.29 is 0 Å². The Morgan fingerprint density at radius 2 is 2.10 bits per heavy atom. The van der Waals surface area contributed by atoms with Crippen LogP contribution in [-0.2, 0) is 6.42 Å². The average Bonchev–Trinajstić information content (AvgIpc) is 2.89. The minimum atomic E-state index is 0.0849. The lowest BCUT2D eigenvalue weighted by atomic mass is 9.98. The van der Waals surface area contributed by atoms with Gasteiger partial charge in [0.05, 0.1) is 6.04 Å². The summed E-state index contributed by atoms with van der Waals surface area (Å²) in [5.41, 5.74) is 6.44. The summed E-state index contributed by atoms with van der Waals surface area (Å²) in [5.74, 6) is 5.76. The number of benzene rings is 1. The van der Waals surface area contributed by atoms with Gasteiger partial charge in [0.2, 0.25) is 0 Å². The average molecular weight is 283 g/mol. The van der Waals surface area contributed by atoms with E-state index < -0.39 is 0 Å². The smallest absolute Gasteiger partial charge is 0.0518 e. The number of aromatic nitrogens is 1. The van der Waals surface area contributed by atoms with E-state index in [1.54, 1.807) is 11.3 Å². The quantitative estimate of drug-likeness (QED) is 0.570. The van der Waals surface area contributed by atoms with Crippen LogP contribution >= 0.6 is 11.3 Å². The van der Waals surface area contributed by atoms with Crippen LogP contribution in [0.1, 0.15) is 22.9 Å². The van der Waals surface area contributed by atoms with E-state index >= 15 is 0 Å². The topological polar surface area (TPSA) is 50.9 Å². The second-order valence-corrected chi connectivity index (χ2v) is 5.77. The highest BCUT2D eigenvalue weighted by molar-refractivity contribution is 7.17. The zero-order valence-corrected chi connectivity index (χ0v) is 12.2. The number of rotatable bonds is 4. The molecule has 0 fully saturated rings. The van der Waals surface area contributed by atoms with Crippen molar-refractivity contribution in [2.45, 2.75) is 19.4 Å². The van der Waals surface area contributed by atoms with Crippen molar-refractivity contribution in [3.63, 3.8) is 0 Å². The Morgan fingerprint density at radius 1 is 1.25 bits per heavy atom. The lowest BCUT2D eigenvalue weighted by molar-refractivity contribution is 0.549. The molecule has 0 spiro atoms. The molecule has 1 atom stereocenters. The predicted octanol–water partition coefficient (Wildman–Crippen LogP) is 3.35. The first kappa shape index (κ1) is 13.2. The molecule has 0 saturated heterocycles. The Morgan fingerprint density at radius 3 is 2.90 bits per heavy atom. The Labute approximate surface area is 122 Å². The molecule has 4 heteroatoms.